The van der Waals surface area contributed by atoms with Gasteiger partial charge < -0.3 is 9.84 Å². The third-order valence-electron chi connectivity index (χ3n) is 5.46. The van der Waals surface area contributed by atoms with Crippen LogP contribution in [-0.2, 0) is 11.3 Å². The number of ether oxygens (including phenoxy) is 1. The number of methoxy groups -OCH3 is 1. The summed E-state index contributed by atoms with van der Waals surface area (Å²) in [6.07, 6.45) is 3.40. The van der Waals surface area contributed by atoms with E-state index < -0.39 is 17.2 Å². The first kappa shape index (κ1) is 25.9. The van der Waals surface area contributed by atoms with Gasteiger partial charge in [-0.2, -0.15) is 5.26 Å². The van der Waals surface area contributed by atoms with Crippen LogP contribution in [0.5, 0.6) is 11.6 Å². The highest BCUT2D eigenvalue weighted by atomic mass is 32.2. The van der Waals surface area contributed by atoms with Crippen LogP contribution in [0.3, 0.4) is 0 Å². The Morgan fingerprint density at radius 2 is 2.00 bits per heavy atom. The normalized spacial score (nSPS) is 14.3. The van der Waals surface area contributed by atoms with Gasteiger partial charge in [-0.15, -0.1) is 6.58 Å². The predicted molar refractivity (Wildman–Crippen MR) is 138 cm³/mol. The monoisotopic (exact) mass is 509 g/mol. The number of benzene rings is 1. The lowest BCUT2D eigenvalue weighted by molar-refractivity contribution is -0.122. The van der Waals surface area contributed by atoms with Crippen LogP contribution in [-0.4, -0.2) is 44.2 Å². The SMILES string of the molecule is C=CCn1c(O)c(C(=O)CCCN2C(=O)/C(=C/c3ccc(OC)cc3)SC2=S)c(C)c(C#N)c1=O. The van der Waals surface area contributed by atoms with Gasteiger partial charge in [-0.05, 0) is 42.7 Å². The molecule has 0 radical (unpaired) electrons. The number of pyridine rings is 1. The number of aromatic hydroxyl groups is 1. The van der Waals surface area contributed by atoms with Gasteiger partial charge in [0.15, 0.2) is 5.78 Å². The molecule has 0 aliphatic carbocycles. The summed E-state index contributed by atoms with van der Waals surface area (Å²) in [5.41, 5.74) is 0.00489. The fourth-order valence-electron chi connectivity index (χ4n) is 3.65. The van der Waals surface area contributed by atoms with Crippen molar-refractivity contribution in [1.82, 2.24) is 9.47 Å². The van der Waals surface area contributed by atoms with E-state index in [1.165, 1.54) is 29.7 Å². The molecule has 1 aromatic heterocycles. The largest absolute Gasteiger partial charge is 0.497 e. The summed E-state index contributed by atoms with van der Waals surface area (Å²) in [5, 5.41) is 19.9. The quantitative estimate of drug-likeness (QED) is 0.235. The summed E-state index contributed by atoms with van der Waals surface area (Å²) < 4.78 is 6.48. The molecule has 1 aromatic carbocycles. The van der Waals surface area contributed by atoms with Crippen molar-refractivity contribution in [1.29, 1.82) is 5.26 Å². The number of amides is 1. The molecular formula is C25H23N3O5S2. The Hall–Kier alpha value is -3.68. The molecule has 1 N–H and O–H groups in total. The lowest BCUT2D eigenvalue weighted by atomic mass is 9.99. The number of nitrogens with zero attached hydrogens (tertiary/aromatic N) is 3. The minimum absolute atomic E-state index is 0.0137. The van der Waals surface area contributed by atoms with E-state index in [0.29, 0.717) is 15.0 Å². The van der Waals surface area contributed by atoms with E-state index in [2.05, 4.69) is 6.58 Å². The number of thioether (sulfide) groups is 1. The second kappa shape index (κ2) is 11.2. The predicted octanol–water partition coefficient (Wildman–Crippen LogP) is 3.79. The third-order valence-corrected chi connectivity index (χ3v) is 6.84. The van der Waals surface area contributed by atoms with Gasteiger partial charge in [0.25, 0.3) is 11.5 Å². The Balaban J connectivity index is 1.72. The summed E-state index contributed by atoms with van der Waals surface area (Å²) in [6, 6.07) is 9.07. The van der Waals surface area contributed by atoms with E-state index in [1.807, 2.05) is 18.2 Å². The van der Waals surface area contributed by atoms with Gasteiger partial charge in [-0.3, -0.25) is 23.9 Å². The smallest absolute Gasteiger partial charge is 0.271 e. The molecule has 0 spiro atoms. The summed E-state index contributed by atoms with van der Waals surface area (Å²) in [6.45, 7) is 5.16. The van der Waals surface area contributed by atoms with Crippen LogP contribution in [0, 0.1) is 18.3 Å². The molecule has 1 aliphatic rings. The highest BCUT2D eigenvalue weighted by Crippen LogP contribution is 2.33. The maximum Gasteiger partial charge on any atom is 0.271 e. The second-order valence-electron chi connectivity index (χ2n) is 7.65. The number of nitriles is 1. The molecule has 1 amide bonds. The minimum Gasteiger partial charge on any atom is -0.497 e. The number of carbonyl (C=O) groups is 2. The molecule has 180 valence electrons. The number of aromatic nitrogens is 1. The Bertz CT molecular complexity index is 1340. The van der Waals surface area contributed by atoms with E-state index in [9.17, 15) is 24.8 Å². The van der Waals surface area contributed by atoms with Crippen molar-refractivity contribution in [3.8, 4) is 17.7 Å². The number of hydrogen-bond donors (Lipinski definition) is 1. The van der Waals surface area contributed by atoms with Crippen molar-refractivity contribution in [2.45, 2.75) is 26.3 Å². The molecule has 2 aromatic rings. The average Bonchev–Trinajstić information content (AvgIpc) is 3.10. The van der Waals surface area contributed by atoms with Crippen molar-refractivity contribution >= 4 is 46.1 Å². The minimum atomic E-state index is -0.680. The average molecular weight is 510 g/mol. The molecule has 10 heteroatoms. The van der Waals surface area contributed by atoms with Gasteiger partial charge in [-0.1, -0.05) is 42.2 Å². The lowest BCUT2D eigenvalue weighted by Crippen LogP contribution is -2.29. The number of thiocarbonyl (C=S) groups is 1. The van der Waals surface area contributed by atoms with Crippen LogP contribution in [0.25, 0.3) is 6.08 Å². The van der Waals surface area contributed by atoms with Crippen molar-refractivity contribution in [2.24, 2.45) is 0 Å². The molecule has 0 bridgehead atoms. The highest BCUT2D eigenvalue weighted by molar-refractivity contribution is 8.26. The number of Topliss-reactive ketones (excluding diaryl/α,β-unsaturated/α-hetero) is 1. The van der Waals surface area contributed by atoms with Gasteiger partial charge in [-0.25, -0.2) is 0 Å². The standard InChI is InChI=1S/C25H23N3O5S2/c1-4-11-27-22(30)18(14-26)15(2)21(24(27)32)19(29)6-5-12-28-23(31)20(35-25(28)34)13-16-7-9-17(33-3)10-8-16/h4,7-10,13,32H,1,5-6,11-12H2,2-3H3/b20-13-. The van der Waals surface area contributed by atoms with Crippen molar-refractivity contribution in [2.75, 3.05) is 13.7 Å². The van der Waals surface area contributed by atoms with Crippen LogP contribution in [0.1, 0.15) is 39.9 Å². The molecule has 3 rings (SSSR count). The van der Waals surface area contributed by atoms with E-state index in [0.717, 1.165) is 10.1 Å². The molecule has 35 heavy (non-hydrogen) atoms. The van der Waals surface area contributed by atoms with Crippen LogP contribution in [0.2, 0.25) is 0 Å². The lowest BCUT2D eigenvalue weighted by Gasteiger charge is -2.16. The molecule has 2 heterocycles. The summed E-state index contributed by atoms with van der Waals surface area (Å²) >= 11 is 6.55. The van der Waals surface area contributed by atoms with Crippen LogP contribution >= 0.6 is 24.0 Å². The number of rotatable bonds is 9. The zero-order valence-corrected chi connectivity index (χ0v) is 20.9. The zero-order valence-electron chi connectivity index (χ0n) is 19.2. The Morgan fingerprint density at radius 3 is 2.60 bits per heavy atom. The molecule has 1 fully saturated rings. The molecule has 1 aliphatic heterocycles. The van der Waals surface area contributed by atoms with E-state index >= 15 is 0 Å². The first-order valence-electron chi connectivity index (χ1n) is 10.6. The van der Waals surface area contributed by atoms with Gasteiger partial charge in [0.2, 0.25) is 5.88 Å². The first-order chi connectivity index (χ1) is 16.7. The Morgan fingerprint density at radius 1 is 1.31 bits per heavy atom. The summed E-state index contributed by atoms with van der Waals surface area (Å²) in [5.74, 6) is -0.464. The first-order valence-corrected chi connectivity index (χ1v) is 11.9. The maximum absolute atomic E-state index is 12.9. The summed E-state index contributed by atoms with van der Waals surface area (Å²) in [7, 11) is 1.58. The molecule has 8 nitrogen and oxygen atoms in total. The third kappa shape index (κ3) is 5.37. The second-order valence-corrected chi connectivity index (χ2v) is 9.32. The van der Waals surface area contributed by atoms with E-state index in [-0.39, 0.29) is 48.5 Å². The maximum atomic E-state index is 12.9. The number of hydrogen-bond acceptors (Lipinski definition) is 8. The van der Waals surface area contributed by atoms with Gasteiger partial charge >= 0.3 is 0 Å². The molecule has 1 saturated heterocycles. The van der Waals surface area contributed by atoms with Crippen LogP contribution in [0.4, 0.5) is 0 Å². The summed E-state index contributed by atoms with van der Waals surface area (Å²) in [4.78, 5) is 40.1. The number of carbonyl (C=O) groups excluding carboxylic acids is 2. The van der Waals surface area contributed by atoms with Gasteiger partial charge in [0, 0.05) is 19.5 Å². The van der Waals surface area contributed by atoms with Gasteiger partial charge in [0.05, 0.1) is 17.6 Å². The van der Waals surface area contributed by atoms with E-state index in [1.54, 1.807) is 25.3 Å². The van der Waals surface area contributed by atoms with Gasteiger partial charge in [0.1, 0.15) is 21.7 Å². The molecular weight excluding hydrogens is 486 g/mol. The molecule has 0 unspecified atom stereocenters. The highest BCUT2D eigenvalue weighted by Gasteiger charge is 2.32. The van der Waals surface area contributed by atoms with Crippen molar-refractivity contribution in [3.05, 3.63) is 74.4 Å². The number of allylic oxidation sites excluding steroid dienone is 1. The van der Waals surface area contributed by atoms with Crippen molar-refractivity contribution < 1.29 is 19.4 Å². The zero-order chi connectivity index (χ0) is 25.7. The van der Waals surface area contributed by atoms with Crippen LogP contribution in [0.15, 0.2) is 46.6 Å². The van der Waals surface area contributed by atoms with E-state index in [4.69, 9.17) is 17.0 Å². The van der Waals surface area contributed by atoms with Crippen molar-refractivity contribution in [3.63, 3.8) is 0 Å². The topological polar surface area (TPSA) is 113 Å². The Kier molecular flexibility index (Phi) is 8.27. The fraction of sp³-hybridized carbons (Fsp3) is 0.240. The molecule has 0 atom stereocenters. The van der Waals surface area contributed by atoms with Crippen LogP contribution < -0.4 is 10.3 Å². The molecule has 0 saturated carbocycles. The fourth-order valence-corrected chi connectivity index (χ4v) is 4.96. The number of ketones is 1. The Labute approximate surface area is 212 Å².